The van der Waals surface area contributed by atoms with Gasteiger partial charge in [0.2, 0.25) is 15.9 Å². The number of halogens is 2. The van der Waals surface area contributed by atoms with Crippen molar-refractivity contribution in [2.45, 2.75) is 11.8 Å². The van der Waals surface area contributed by atoms with Gasteiger partial charge in [-0.05, 0) is 67.1 Å². The van der Waals surface area contributed by atoms with E-state index in [0.717, 1.165) is 20.6 Å². The molecular weight excluding hydrogens is 566 g/mol. The molecule has 2 N–H and O–H groups in total. The van der Waals surface area contributed by atoms with Gasteiger partial charge in [0, 0.05) is 10.2 Å². The van der Waals surface area contributed by atoms with Gasteiger partial charge < -0.3 is 5.32 Å². The summed E-state index contributed by atoms with van der Waals surface area (Å²) in [5.74, 6) is -0.587. The lowest BCUT2D eigenvalue weighted by Crippen LogP contribution is -2.37. The third-order valence-corrected chi connectivity index (χ3v) is 8.42. The zero-order valence-corrected chi connectivity index (χ0v) is 22.1. The van der Waals surface area contributed by atoms with Gasteiger partial charge in [-0.1, -0.05) is 39.7 Å². The third-order valence-electron chi connectivity index (χ3n) is 4.68. The number of amides is 1. The summed E-state index contributed by atoms with van der Waals surface area (Å²) in [6.07, 6.45) is 1.02. The first kappa shape index (κ1) is 26.0. The zero-order valence-electron chi connectivity index (χ0n) is 18.1. The Morgan fingerprint density at radius 1 is 1.00 bits per heavy atom. The first-order chi connectivity index (χ1) is 15.9. The molecule has 3 aromatic rings. The quantitative estimate of drug-likeness (QED) is 0.400. The minimum absolute atomic E-state index is 0.0338. The number of hydrogen-bond acceptors (Lipinski definition) is 5. The van der Waals surface area contributed by atoms with Gasteiger partial charge in [0.1, 0.15) is 6.54 Å². The minimum Gasteiger partial charge on any atom is -0.325 e. The topological polar surface area (TPSA) is 113 Å². The Morgan fingerprint density at radius 3 is 2.24 bits per heavy atom. The molecule has 0 saturated carbocycles. The molecular formula is C22H21BrClN3O5S2. The van der Waals surface area contributed by atoms with Gasteiger partial charge >= 0.3 is 0 Å². The van der Waals surface area contributed by atoms with Gasteiger partial charge in [0.15, 0.2) is 0 Å². The summed E-state index contributed by atoms with van der Waals surface area (Å²) in [7, 11) is -7.64. The summed E-state index contributed by atoms with van der Waals surface area (Å²) in [6, 6.07) is 16.8. The second kappa shape index (κ2) is 10.3. The van der Waals surface area contributed by atoms with Crippen LogP contribution in [-0.4, -0.2) is 35.5 Å². The molecule has 34 heavy (non-hydrogen) atoms. The van der Waals surface area contributed by atoms with Crippen molar-refractivity contribution in [2.24, 2.45) is 0 Å². The van der Waals surface area contributed by atoms with Crippen molar-refractivity contribution in [1.82, 2.24) is 0 Å². The van der Waals surface area contributed by atoms with E-state index < -0.39 is 32.5 Å². The number of hydrogen-bond donors (Lipinski definition) is 2. The Morgan fingerprint density at radius 2 is 1.65 bits per heavy atom. The molecule has 12 heteroatoms. The van der Waals surface area contributed by atoms with E-state index in [9.17, 15) is 21.6 Å². The van der Waals surface area contributed by atoms with E-state index in [4.69, 9.17) is 11.6 Å². The summed E-state index contributed by atoms with van der Waals surface area (Å²) in [5, 5.41) is 2.84. The fourth-order valence-corrected chi connectivity index (χ4v) is 5.39. The number of carbonyl (C=O) groups excluding carboxylic acids is 1. The van der Waals surface area contributed by atoms with Crippen LogP contribution in [-0.2, 0) is 24.8 Å². The van der Waals surface area contributed by atoms with Crippen molar-refractivity contribution in [3.63, 3.8) is 0 Å². The second-order valence-electron chi connectivity index (χ2n) is 7.36. The highest BCUT2D eigenvalue weighted by Crippen LogP contribution is 2.26. The fraction of sp³-hybridized carbons (Fsp3) is 0.136. The molecule has 1 amide bonds. The maximum absolute atomic E-state index is 12.6. The second-order valence-corrected chi connectivity index (χ2v) is 12.2. The minimum atomic E-state index is -3.90. The molecule has 3 aromatic carbocycles. The summed E-state index contributed by atoms with van der Waals surface area (Å²) in [6.45, 7) is 1.36. The molecule has 3 rings (SSSR count). The normalized spacial score (nSPS) is 11.6. The van der Waals surface area contributed by atoms with Crippen molar-refractivity contribution in [2.75, 3.05) is 27.1 Å². The number of anilines is 3. The van der Waals surface area contributed by atoms with E-state index in [1.165, 1.54) is 30.3 Å². The molecule has 8 nitrogen and oxygen atoms in total. The van der Waals surface area contributed by atoms with Crippen molar-refractivity contribution in [3.8, 4) is 0 Å². The van der Waals surface area contributed by atoms with Crippen LogP contribution >= 0.6 is 27.5 Å². The molecule has 0 aromatic heterocycles. The smallest absolute Gasteiger partial charge is 0.261 e. The summed E-state index contributed by atoms with van der Waals surface area (Å²) < 4.78 is 54.0. The molecule has 0 unspecified atom stereocenters. The van der Waals surface area contributed by atoms with Gasteiger partial charge in [-0.15, -0.1) is 0 Å². The van der Waals surface area contributed by atoms with Crippen LogP contribution in [0.15, 0.2) is 76.1 Å². The number of nitrogens with zero attached hydrogens (tertiary/aromatic N) is 1. The molecule has 0 atom stereocenters. The van der Waals surface area contributed by atoms with Crippen LogP contribution < -0.4 is 14.3 Å². The zero-order chi connectivity index (χ0) is 25.1. The first-order valence-corrected chi connectivity index (χ1v) is 14.3. The Balaban J connectivity index is 1.73. The molecule has 0 bridgehead atoms. The van der Waals surface area contributed by atoms with E-state index in [0.29, 0.717) is 11.4 Å². The number of nitrogens with one attached hydrogen (secondary N) is 2. The number of sulfonamides is 2. The highest BCUT2D eigenvalue weighted by atomic mass is 79.9. The van der Waals surface area contributed by atoms with Crippen molar-refractivity contribution in [3.05, 3.63) is 81.8 Å². The largest absolute Gasteiger partial charge is 0.325 e. The van der Waals surface area contributed by atoms with Gasteiger partial charge in [-0.25, -0.2) is 16.8 Å². The lowest BCUT2D eigenvalue weighted by molar-refractivity contribution is -0.114. The maximum Gasteiger partial charge on any atom is 0.261 e. The summed E-state index contributed by atoms with van der Waals surface area (Å²) >= 11 is 9.38. The van der Waals surface area contributed by atoms with Crippen LogP contribution in [0.2, 0.25) is 5.02 Å². The molecule has 0 fully saturated rings. The molecule has 180 valence electrons. The number of para-hydroxylation sites is 1. The lowest BCUT2D eigenvalue weighted by Gasteiger charge is -2.22. The molecule has 0 spiro atoms. The SMILES string of the molecule is Cc1cc(N(CC(=O)Nc2ccc(S(=O)(=O)Nc3ccccc3Cl)cc2)S(C)(=O)=O)ccc1Br. The van der Waals surface area contributed by atoms with Crippen molar-refractivity contribution >= 4 is 70.5 Å². The van der Waals surface area contributed by atoms with Crippen LogP contribution in [0.5, 0.6) is 0 Å². The van der Waals surface area contributed by atoms with E-state index in [-0.39, 0.29) is 15.6 Å². The Labute approximate surface area is 212 Å². The van der Waals surface area contributed by atoms with Gasteiger partial charge in [0.25, 0.3) is 10.0 Å². The van der Waals surface area contributed by atoms with E-state index in [2.05, 4.69) is 26.0 Å². The molecule has 0 aliphatic carbocycles. The molecule has 0 heterocycles. The molecule has 0 aliphatic rings. The average Bonchev–Trinajstić information content (AvgIpc) is 2.75. The van der Waals surface area contributed by atoms with E-state index in [1.807, 2.05) is 6.92 Å². The summed E-state index contributed by atoms with van der Waals surface area (Å²) in [5.41, 5.74) is 1.71. The fourth-order valence-electron chi connectivity index (χ4n) is 2.98. The molecule has 0 aliphatic heterocycles. The highest BCUT2D eigenvalue weighted by molar-refractivity contribution is 9.10. The Kier molecular flexibility index (Phi) is 7.91. The van der Waals surface area contributed by atoms with Crippen LogP contribution in [0.4, 0.5) is 17.1 Å². The number of rotatable bonds is 8. The van der Waals surface area contributed by atoms with Crippen LogP contribution in [0.3, 0.4) is 0 Å². The molecule has 0 saturated heterocycles. The lowest BCUT2D eigenvalue weighted by atomic mass is 10.2. The predicted molar refractivity (Wildman–Crippen MR) is 138 cm³/mol. The predicted octanol–water partition coefficient (Wildman–Crippen LogP) is 4.62. The Bertz CT molecular complexity index is 1430. The van der Waals surface area contributed by atoms with Crippen LogP contribution in [0.1, 0.15) is 5.56 Å². The van der Waals surface area contributed by atoms with Crippen LogP contribution in [0.25, 0.3) is 0 Å². The number of carbonyl (C=O) groups is 1. The van der Waals surface area contributed by atoms with E-state index >= 15 is 0 Å². The maximum atomic E-state index is 12.6. The first-order valence-electron chi connectivity index (χ1n) is 9.78. The highest BCUT2D eigenvalue weighted by Gasteiger charge is 2.22. The van der Waals surface area contributed by atoms with E-state index in [1.54, 1.807) is 36.4 Å². The van der Waals surface area contributed by atoms with Gasteiger partial charge in [-0.3, -0.25) is 13.8 Å². The standard InChI is InChI=1S/C22H21BrClN3O5S2/c1-15-13-17(9-12-19(15)23)27(33(2,29)30)14-22(28)25-16-7-10-18(11-8-16)34(31,32)26-21-6-4-3-5-20(21)24/h3-13,26H,14H2,1-2H3,(H,25,28). The Hall–Kier alpha value is -2.60. The van der Waals surface area contributed by atoms with Crippen molar-refractivity contribution < 1.29 is 21.6 Å². The number of benzene rings is 3. The average molecular weight is 587 g/mol. The van der Waals surface area contributed by atoms with Gasteiger partial charge in [0.05, 0.1) is 27.5 Å². The van der Waals surface area contributed by atoms with Gasteiger partial charge in [-0.2, -0.15) is 0 Å². The third kappa shape index (κ3) is 6.50. The van der Waals surface area contributed by atoms with Crippen molar-refractivity contribution in [1.29, 1.82) is 0 Å². The summed E-state index contributed by atoms with van der Waals surface area (Å²) in [4.78, 5) is 12.5. The molecule has 0 radical (unpaired) electrons. The monoisotopic (exact) mass is 585 g/mol. The van der Waals surface area contributed by atoms with Crippen LogP contribution in [0, 0.1) is 6.92 Å². The number of aryl methyl sites for hydroxylation is 1.